The SMILES string of the molecule is CC(C)C(C)NCCOc1ccc(S(C)(=O)=O)cc1. The van der Waals surface area contributed by atoms with E-state index in [1.807, 2.05) is 0 Å². The fraction of sp³-hybridized carbons (Fsp3) is 0.571. The molecule has 0 bridgehead atoms. The summed E-state index contributed by atoms with van der Waals surface area (Å²) < 4.78 is 28.1. The topological polar surface area (TPSA) is 55.4 Å². The molecule has 1 unspecified atom stereocenters. The number of hydrogen-bond acceptors (Lipinski definition) is 4. The van der Waals surface area contributed by atoms with Gasteiger partial charge in [0.25, 0.3) is 0 Å². The van der Waals surface area contributed by atoms with Gasteiger partial charge in [0, 0.05) is 18.8 Å². The van der Waals surface area contributed by atoms with Crippen molar-refractivity contribution in [2.24, 2.45) is 5.92 Å². The highest BCUT2D eigenvalue weighted by Gasteiger charge is 2.07. The maximum absolute atomic E-state index is 11.3. The predicted molar refractivity (Wildman–Crippen MR) is 77.3 cm³/mol. The molecule has 1 rings (SSSR count). The van der Waals surface area contributed by atoms with Gasteiger partial charge in [0.2, 0.25) is 0 Å². The van der Waals surface area contributed by atoms with Crippen LogP contribution in [0.4, 0.5) is 0 Å². The van der Waals surface area contributed by atoms with Crippen LogP contribution in [0, 0.1) is 5.92 Å². The third kappa shape index (κ3) is 5.61. The molecule has 0 aliphatic rings. The minimum absolute atomic E-state index is 0.311. The summed E-state index contributed by atoms with van der Waals surface area (Å²) in [6, 6.07) is 6.95. The van der Waals surface area contributed by atoms with E-state index in [1.54, 1.807) is 24.3 Å². The summed E-state index contributed by atoms with van der Waals surface area (Å²) in [7, 11) is -3.13. The van der Waals surface area contributed by atoms with Crippen molar-refractivity contribution in [3.05, 3.63) is 24.3 Å². The maximum atomic E-state index is 11.3. The fourth-order valence-electron chi connectivity index (χ4n) is 1.47. The molecule has 0 radical (unpaired) electrons. The molecule has 0 aliphatic heterocycles. The molecule has 108 valence electrons. The molecule has 5 heteroatoms. The molecule has 1 atom stereocenters. The molecule has 0 aliphatic carbocycles. The van der Waals surface area contributed by atoms with Gasteiger partial charge in [0.1, 0.15) is 12.4 Å². The van der Waals surface area contributed by atoms with Crippen molar-refractivity contribution in [2.75, 3.05) is 19.4 Å². The van der Waals surface area contributed by atoms with Crippen LogP contribution in [0.1, 0.15) is 20.8 Å². The van der Waals surface area contributed by atoms with Crippen molar-refractivity contribution in [2.45, 2.75) is 31.7 Å². The Bertz CT molecular complexity index is 480. The van der Waals surface area contributed by atoms with Crippen molar-refractivity contribution < 1.29 is 13.2 Å². The van der Waals surface area contributed by atoms with E-state index in [4.69, 9.17) is 4.74 Å². The largest absolute Gasteiger partial charge is 0.492 e. The third-order valence-electron chi connectivity index (χ3n) is 3.09. The summed E-state index contributed by atoms with van der Waals surface area (Å²) in [5.74, 6) is 1.28. The van der Waals surface area contributed by atoms with Crippen molar-refractivity contribution in [1.82, 2.24) is 5.32 Å². The molecular formula is C14H23NO3S. The van der Waals surface area contributed by atoms with Gasteiger partial charge in [0.05, 0.1) is 4.90 Å². The zero-order chi connectivity index (χ0) is 14.5. The lowest BCUT2D eigenvalue weighted by Gasteiger charge is -2.17. The fourth-order valence-corrected chi connectivity index (χ4v) is 2.10. The molecule has 4 nitrogen and oxygen atoms in total. The molecule has 1 aromatic rings. The maximum Gasteiger partial charge on any atom is 0.175 e. The summed E-state index contributed by atoms with van der Waals surface area (Å²) in [6.45, 7) is 7.82. The Hall–Kier alpha value is -1.07. The minimum atomic E-state index is -3.13. The molecule has 0 amide bonds. The molecule has 19 heavy (non-hydrogen) atoms. The molecule has 1 aromatic carbocycles. The molecular weight excluding hydrogens is 262 g/mol. The molecule has 0 aromatic heterocycles. The summed E-state index contributed by atoms with van der Waals surface area (Å²) in [5.41, 5.74) is 0. The van der Waals surface area contributed by atoms with Crippen molar-refractivity contribution in [1.29, 1.82) is 0 Å². The van der Waals surface area contributed by atoms with Crippen LogP contribution in [0.5, 0.6) is 5.75 Å². The number of ether oxygens (including phenoxy) is 1. The van der Waals surface area contributed by atoms with Crippen LogP contribution in [-0.2, 0) is 9.84 Å². The van der Waals surface area contributed by atoms with Crippen LogP contribution in [-0.4, -0.2) is 33.9 Å². The predicted octanol–water partition coefficient (Wildman–Crippen LogP) is 2.10. The first-order chi connectivity index (χ1) is 8.80. The second kappa shape index (κ2) is 6.91. The Morgan fingerprint density at radius 1 is 1.16 bits per heavy atom. The summed E-state index contributed by atoms with van der Waals surface area (Å²) >= 11 is 0. The Morgan fingerprint density at radius 3 is 2.21 bits per heavy atom. The van der Waals surface area contributed by atoms with E-state index in [9.17, 15) is 8.42 Å². The highest BCUT2D eigenvalue weighted by atomic mass is 32.2. The van der Waals surface area contributed by atoms with Crippen molar-refractivity contribution in [3.8, 4) is 5.75 Å². The lowest BCUT2D eigenvalue weighted by Crippen LogP contribution is -2.33. The van der Waals surface area contributed by atoms with E-state index in [0.717, 1.165) is 6.54 Å². The molecule has 0 heterocycles. The molecule has 1 N–H and O–H groups in total. The van der Waals surface area contributed by atoms with Crippen LogP contribution in [0.2, 0.25) is 0 Å². The first kappa shape index (κ1) is 16.0. The first-order valence-corrected chi connectivity index (χ1v) is 8.36. The Labute approximate surface area is 116 Å². The zero-order valence-corrected chi connectivity index (χ0v) is 12.8. The highest BCUT2D eigenvalue weighted by molar-refractivity contribution is 7.90. The second-order valence-corrected chi connectivity index (χ2v) is 7.09. The number of hydrogen-bond donors (Lipinski definition) is 1. The Kier molecular flexibility index (Phi) is 5.82. The zero-order valence-electron chi connectivity index (χ0n) is 12.0. The lowest BCUT2D eigenvalue weighted by molar-refractivity contribution is 0.296. The number of rotatable bonds is 7. The Balaban J connectivity index is 2.39. The number of nitrogens with one attached hydrogen (secondary N) is 1. The van der Waals surface area contributed by atoms with Crippen molar-refractivity contribution in [3.63, 3.8) is 0 Å². The van der Waals surface area contributed by atoms with E-state index >= 15 is 0 Å². The van der Waals surface area contributed by atoms with Crippen LogP contribution < -0.4 is 10.1 Å². The van der Waals surface area contributed by atoms with E-state index in [-0.39, 0.29) is 0 Å². The van der Waals surface area contributed by atoms with Gasteiger partial charge in [-0.15, -0.1) is 0 Å². The first-order valence-electron chi connectivity index (χ1n) is 6.47. The van der Waals surface area contributed by atoms with Gasteiger partial charge in [-0.1, -0.05) is 13.8 Å². The number of sulfone groups is 1. The third-order valence-corrected chi connectivity index (χ3v) is 4.22. The van der Waals surface area contributed by atoms with E-state index in [2.05, 4.69) is 26.1 Å². The molecule has 0 saturated carbocycles. The van der Waals surface area contributed by atoms with Gasteiger partial charge in [0.15, 0.2) is 9.84 Å². The standard InChI is InChI=1S/C14H23NO3S/c1-11(2)12(3)15-9-10-18-13-5-7-14(8-6-13)19(4,16)17/h5-8,11-12,15H,9-10H2,1-4H3. The van der Waals surface area contributed by atoms with Gasteiger partial charge in [-0.25, -0.2) is 8.42 Å². The summed E-state index contributed by atoms with van der Waals surface area (Å²) in [4.78, 5) is 0.311. The highest BCUT2D eigenvalue weighted by Crippen LogP contribution is 2.15. The summed E-state index contributed by atoms with van der Waals surface area (Å²) in [5, 5.41) is 3.37. The van der Waals surface area contributed by atoms with Gasteiger partial charge in [-0.05, 0) is 37.1 Å². The molecule has 0 fully saturated rings. The smallest absolute Gasteiger partial charge is 0.175 e. The lowest BCUT2D eigenvalue weighted by atomic mass is 10.1. The number of benzene rings is 1. The van der Waals surface area contributed by atoms with Crippen molar-refractivity contribution >= 4 is 9.84 Å². The second-order valence-electron chi connectivity index (χ2n) is 5.08. The monoisotopic (exact) mass is 285 g/mol. The van der Waals surface area contributed by atoms with E-state index in [0.29, 0.717) is 29.2 Å². The van der Waals surface area contributed by atoms with Crippen LogP contribution in [0.15, 0.2) is 29.2 Å². The minimum Gasteiger partial charge on any atom is -0.492 e. The van der Waals surface area contributed by atoms with Crippen LogP contribution in [0.3, 0.4) is 0 Å². The average Bonchev–Trinajstić information content (AvgIpc) is 2.33. The summed E-state index contributed by atoms with van der Waals surface area (Å²) in [6.07, 6.45) is 1.19. The van der Waals surface area contributed by atoms with E-state index < -0.39 is 9.84 Å². The molecule has 0 saturated heterocycles. The normalized spacial score (nSPS) is 13.5. The van der Waals surface area contributed by atoms with Gasteiger partial charge >= 0.3 is 0 Å². The van der Waals surface area contributed by atoms with Gasteiger partial charge < -0.3 is 10.1 Å². The quantitative estimate of drug-likeness (QED) is 0.780. The van der Waals surface area contributed by atoms with Gasteiger partial charge in [-0.2, -0.15) is 0 Å². The van der Waals surface area contributed by atoms with Crippen LogP contribution in [0.25, 0.3) is 0 Å². The molecule has 0 spiro atoms. The average molecular weight is 285 g/mol. The van der Waals surface area contributed by atoms with E-state index in [1.165, 1.54) is 6.26 Å². The van der Waals surface area contributed by atoms with Crippen LogP contribution >= 0.6 is 0 Å². The van der Waals surface area contributed by atoms with Gasteiger partial charge in [-0.3, -0.25) is 0 Å². The Morgan fingerprint density at radius 2 is 1.74 bits per heavy atom.